The van der Waals surface area contributed by atoms with Crippen LogP contribution in [0, 0.1) is 5.82 Å². The largest absolute Gasteiger partial charge is 0.319 e. The number of rotatable bonds is 2. The molecule has 2 aromatic rings. The van der Waals surface area contributed by atoms with E-state index in [9.17, 15) is 9.18 Å². The lowest BCUT2D eigenvalue weighted by molar-refractivity contribution is 0.102. The van der Waals surface area contributed by atoms with Gasteiger partial charge in [0, 0.05) is 0 Å². The van der Waals surface area contributed by atoms with Gasteiger partial charge in [0.1, 0.15) is 4.60 Å². The van der Waals surface area contributed by atoms with Crippen LogP contribution in [-0.2, 0) is 0 Å². The predicted octanol–water partition coefficient (Wildman–Crippen LogP) is 4.54. The smallest absolute Gasteiger partial charge is 0.258 e. The van der Waals surface area contributed by atoms with Gasteiger partial charge < -0.3 is 5.32 Å². The summed E-state index contributed by atoms with van der Waals surface area (Å²) >= 11 is 14.9. The first-order valence-corrected chi connectivity index (χ1v) is 6.60. The minimum Gasteiger partial charge on any atom is -0.319 e. The molecule has 1 amide bonds. The average Bonchev–Trinajstić information content (AvgIpc) is 2.33. The molecule has 0 saturated heterocycles. The number of nitrogens with zero attached hydrogens (tertiary/aromatic N) is 1. The van der Waals surface area contributed by atoms with E-state index in [2.05, 4.69) is 26.2 Å². The Bertz CT molecular complexity index is 631. The second-order valence-electron chi connectivity index (χ2n) is 3.54. The number of carbonyl (C=O) groups excluding carboxylic acids is 1. The maximum absolute atomic E-state index is 13.5. The second-order valence-corrected chi connectivity index (χ2v) is 5.16. The molecule has 1 aromatic carbocycles. The molecule has 1 heterocycles. The summed E-state index contributed by atoms with van der Waals surface area (Å²) < 4.78 is 13.9. The second kappa shape index (κ2) is 5.86. The Labute approximate surface area is 126 Å². The van der Waals surface area contributed by atoms with E-state index in [1.165, 1.54) is 18.2 Å². The van der Waals surface area contributed by atoms with E-state index in [1.54, 1.807) is 6.07 Å². The molecular weight excluding hydrogens is 358 g/mol. The Morgan fingerprint density at radius 3 is 2.58 bits per heavy atom. The number of hydrogen-bond donors (Lipinski definition) is 1. The average molecular weight is 364 g/mol. The molecular formula is C12H6BrCl2FN2O. The maximum Gasteiger partial charge on any atom is 0.258 e. The molecule has 3 nitrogen and oxygen atoms in total. The van der Waals surface area contributed by atoms with Crippen LogP contribution in [0.25, 0.3) is 0 Å². The van der Waals surface area contributed by atoms with Gasteiger partial charge >= 0.3 is 0 Å². The molecule has 0 unspecified atom stereocenters. The lowest BCUT2D eigenvalue weighted by Crippen LogP contribution is -2.14. The molecule has 0 radical (unpaired) electrons. The van der Waals surface area contributed by atoms with Gasteiger partial charge in [-0.15, -0.1) is 0 Å². The summed E-state index contributed by atoms with van der Waals surface area (Å²) in [5.41, 5.74) is 0.0843. The van der Waals surface area contributed by atoms with Crippen LogP contribution in [0.2, 0.25) is 10.0 Å². The van der Waals surface area contributed by atoms with Crippen LogP contribution in [-0.4, -0.2) is 10.9 Å². The van der Waals surface area contributed by atoms with Crippen molar-refractivity contribution in [1.29, 1.82) is 0 Å². The van der Waals surface area contributed by atoms with Gasteiger partial charge in [0.05, 0.1) is 27.5 Å². The van der Waals surface area contributed by atoms with E-state index >= 15 is 0 Å². The van der Waals surface area contributed by atoms with Crippen LogP contribution in [0.15, 0.2) is 35.1 Å². The van der Waals surface area contributed by atoms with Crippen LogP contribution in [0.3, 0.4) is 0 Å². The molecule has 1 N–H and O–H groups in total. The molecule has 19 heavy (non-hydrogen) atoms. The first-order chi connectivity index (χ1) is 8.99. The van der Waals surface area contributed by atoms with Gasteiger partial charge in [0.2, 0.25) is 0 Å². The molecule has 0 aliphatic carbocycles. The Balaban J connectivity index is 2.34. The predicted molar refractivity (Wildman–Crippen MR) is 76.3 cm³/mol. The third-order valence-corrected chi connectivity index (χ3v) is 3.32. The van der Waals surface area contributed by atoms with Gasteiger partial charge in [0.25, 0.3) is 5.91 Å². The summed E-state index contributed by atoms with van der Waals surface area (Å²) in [5.74, 6) is -1.24. The molecule has 0 bridgehead atoms. The van der Waals surface area contributed by atoms with Crippen molar-refractivity contribution in [1.82, 2.24) is 4.98 Å². The zero-order chi connectivity index (χ0) is 14.0. The molecule has 98 valence electrons. The number of aromatic nitrogens is 1. The van der Waals surface area contributed by atoms with E-state index in [1.807, 2.05) is 0 Å². The summed E-state index contributed by atoms with van der Waals surface area (Å²) in [4.78, 5) is 15.7. The normalized spacial score (nSPS) is 10.3. The summed E-state index contributed by atoms with van der Waals surface area (Å²) in [6, 6.07) is 6.02. The summed E-state index contributed by atoms with van der Waals surface area (Å²) in [5, 5.41) is 2.78. The van der Waals surface area contributed by atoms with E-state index in [0.29, 0.717) is 4.60 Å². The zero-order valence-electron chi connectivity index (χ0n) is 9.25. The fraction of sp³-hybridized carbons (Fsp3) is 0. The highest BCUT2D eigenvalue weighted by Crippen LogP contribution is 2.26. The Morgan fingerprint density at radius 1 is 1.32 bits per heavy atom. The first kappa shape index (κ1) is 14.2. The topological polar surface area (TPSA) is 42.0 Å². The fourth-order valence-corrected chi connectivity index (χ4v) is 2.31. The van der Waals surface area contributed by atoms with Crippen molar-refractivity contribution in [2.24, 2.45) is 0 Å². The molecule has 2 rings (SSSR count). The first-order valence-electron chi connectivity index (χ1n) is 5.05. The van der Waals surface area contributed by atoms with Crippen molar-refractivity contribution in [2.45, 2.75) is 0 Å². The number of benzene rings is 1. The third-order valence-electron chi connectivity index (χ3n) is 2.26. The Kier molecular flexibility index (Phi) is 4.39. The van der Waals surface area contributed by atoms with Crippen molar-refractivity contribution in [3.63, 3.8) is 0 Å². The van der Waals surface area contributed by atoms with Gasteiger partial charge in [0.15, 0.2) is 5.82 Å². The van der Waals surface area contributed by atoms with Crippen molar-refractivity contribution in [3.05, 3.63) is 56.5 Å². The molecule has 0 spiro atoms. The van der Waals surface area contributed by atoms with Crippen molar-refractivity contribution >= 4 is 50.7 Å². The lowest BCUT2D eigenvalue weighted by Gasteiger charge is -2.09. The lowest BCUT2D eigenvalue weighted by atomic mass is 10.2. The van der Waals surface area contributed by atoms with Crippen LogP contribution in [0.1, 0.15) is 10.4 Å². The molecule has 0 saturated carbocycles. The Morgan fingerprint density at radius 2 is 1.95 bits per heavy atom. The molecule has 0 atom stereocenters. The van der Waals surface area contributed by atoms with Crippen molar-refractivity contribution in [3.8, 4) is 0 Å². The highest BCUT2D eigenvalue weighted by molar-refractivity contribution is 9.10. The maximum atomic E-state index is 13.5. The van der Waals surface area contributed by atoms with Crippen LogP contribution in [0.5, 0.6) is 0 Å². The molecule has 7 heteroatoms. The monoisotopic (exact) mass is 362 g/mol. The minimum atomic E-state index is -0.653. The van der Waals surface area contributed by atoms with Gasteiger partial charge in [-0.25, -0.2) is 9.37 Å². The number of nitrogens with one attached hydrogen (secondary N) is 1. The van der Waals surface area contributed by atoms with E-state index in [0.717, 1.165) is 6.20 Å². The minimum absolute atomic E-state index is 0.0112. The number of anilines is 1. The highest BCUT2D eigenvalue weighted by Gasteiger charge is 2.16. The summed E-state index contributed by atoms with van der Waals surface area (Å²) in [6.07, 6.45) is 0.994. The standard InChI is InChI=1S/C12H6BrCl2FN2O/c13-10-4-9(8(16)5-17-10)18-12(19)11-6(14)2-1-3-7(11)15/h1-5H,(H,17,18,19). The zero-order valence-corrected chi connectivity index (χ0v) is 12.4. The quantitative estimate of drug-likeness (QED) is 0.795. The van der Waals surface area contributed by atoms with Crippen LogP contribution < -0.4 is 5.32 Å². The summed E-state index contributed by atoms with van der Waals surface area (Å²) in [7, 11) is 0. The number of halogens is 4. The van der Waals surface area contributed by atoms with Crippen molar-refractivity contribution in [2.75, 3.05) is 5.32 Å². The van der Waals surface area contributed by atoms with Crippen LogP contribution in [0.4, 0.5) is 10.1 Å². The number of carbonyl (C=O) groups is 1. The highest BCUT2D eigenvalue weighted by atomic mass is 79.9. The molecule has 0 aliphatic rings. The third kappa shape index (κ3) is 3.23. The van der Waals surface area contributed by atoms with E-state index in [-0.39, 0.29) is 21.3 Å². The number of hydrogen-bond acceptors (Lipinski definition) is 2. The SMILES string of the molecule is O=C(Nc1cc(Br)ncc1F)c1c(Cl)cccc1Cl. The molecule has 0 fully saturated rings. The number of amides is 1. The fourth-order valence-electron chi connectivity index (χ4n) is 1.41. The van der Waals surface area contributed by atoms with Crippen LogP contribution >= 0.6 is 39.1 Å². The van der Waals surface area contributed by atoms with Gasteiger partial charge in [-0.1, -0.05) is 29.3 Å². The van der Waals surface area contributed by atoms with E-state index < -0.39 is 11.7 Å². The Hall–Kier alpha value is -1.17. The molecule has 1 aromatic heterocycles. The van der Waals surface area contributed by atoms with Gasteiger partial charge in [-0.3, -0.25) is 4.79 Å². The summed E-state index contributed by atoms with van der Waals surface area (Å²) in [6.45, 7) is 0. The molecule has 0 aliphatic heterocycles. The van der Waals surface area contributed by atoms with Gasteiger partial charge in [-0.2, -0.15) is 0 Å². The van der Waals surface area contributed by atoms with E-state index in [4.69, 9.17) is 23.2 Å². The van der Waals surface area contributed by atoms with Gasteiger partial charge in [-0.05, 0) is 34.1 Å². The van der Waals surface area contributed by atoms with Crippen molar-refractivity contribution < 1.29 is 9.18 Å². The number of pyridine rings is 1.